The van der Waals surface area contributed by atoms with E-state index in [2.05, 4.69) is 20.3 Å². The summed E-state index contributed by atoms with van der Waals surface area (Å²) in [7, 11) is 0. The van der Waals surface area contributed by atoms with Crippen molar-refractivity contribution in [2.75, 3.05) is 5.32 Å². The number of benzene rings is 2. The van der Waals surface area contributed by atoms with Gasteiger partial charge in [-0.15, -0.1) is 0 Å². The molecule has 0 saturated heterocycles. The van der Waals surface area contributed by atoms with Crippen molar-refractivity contribution in [3.63, 3.8) is 0 Å². The third-order valence-corrected chi connectivity index (χ3v) is 4.85. The molecule has 3 N–H and O–H groups in total. The Morgan fingerprint density at radius 2 is 1.76 bits per heavy atom. The second kappa shape index (κ2) is 7.66. The van der Waals surface area contributed by atoms with E-state index in [0.717, 1.165) is 22.5 Å². The van der Waals surface area contributed by atoms with Gasteiger partial charge in [-0.2, -0.15) is 0 Å². The van der Waals surface area contributed by atoms with E-state index in [1.54, 1.807) is 18.7 Å². The maximum absolute atomic E-state index is 6.36. The van der Waals surface area contributed by atoms with Crippen LogP contribution in [-0.2, 0) is 5.54 Å². The molecule has 0 amide bonds. The topological polar surface area (TPSA) is 81.6 Å². The monoisotopic (exact) mass is 404 g/mol. The van der Waals surface area contributed by atoms with Crippen molar-refractivity contribution in [3.8, 4) is 16.9 Å². The Kier molecular flexibility index (Phi) is 5.05. The van der Waals surface area contributed by atoms with Gasteiger partial charge in [0, 0.05) is 34.9 Å². The summed E-state index contributed by atoms with van der Waals surface area (Å²) in [4.78, 5) is 13.0. The molecule has 2 aromatic carbocycles. The fourth-order valence-electron chi connectivity index (χ4n) is 2.95. The van der Waals surface area contributed by atoms with Gasteiger partial charge in [-0.3, -0.25) is 0 Å². The lowest BCUT2D eigenvalue weighted by atomic mass is 9.94. The zero-order valence-electron chi connectivity index (χ0n) is 16.2. The maximum Gasteiger partial charge on any atom is 0.227 e. The number of nitrogens with zero attached hydrogens (tertiary/aromatic N) is 4. The number of nitrogens with two attached hydrogens (primary N) is 1. The Morgan fingerprint density at radius 3 is 2.38 bits per heavy atom. The molecule has 0 aliphatic carbocycles. The molecule has 29 heavy (non-hydrogen) atoms. The van der Waals surface area contributed by atoms with Gasteiger partial charge in [0.05, 0.1) is 23.2 Å². The lowest BCUT2D eigenvalue weighted by Crippen LogP contribution is -2.28. The van der Waals surface area contributed by atoms with Gasteiger partial charge in [0.1, 0.15) is 0 Å². The molecule has 0 radical (unpaired) electrons. The minimum atomic E-state index is -0.399. The SMILES string of the molecule is CC(C)(N)c1ccc(-c2nc(Nc3ccc(-n4ccnc4)cc3)ncc2Cl)cc1. The first kappa shape index (κ1) is 19.1. The van der Waals surface area contributed by atoms with Gasteiger partial charge < -0.3 is 15.6 Å². The standard InChI is InChI=1S/C22H21ClN6/c1-22(2,24)16-5-3-15(4-6-16)20-19(23)13-26-21(28-20)27-17-7-9-18(10-8-17)29-12-11-25-14-29/h3-14H,24H2,1-2H3,(H,26,27,28). The molecule has 7 heteroatoms. The molecule has 146 valence electrons. The van der Waals surface area contributed by atoms with Crippen LogP contribution in [0.4, 0.5) is 11.6 Å². The van der Waals surface area contributed by atoms with Crippen LogP contribution in [0.1, 0.15) is 19.4 Å². The van der Waals surface area contributed by atoms with Crippen LogP contribution in [0.3, 0.4) is 0 Å². The molecule has 2 heterocycles. The van der Waals surface area contributed by atoms with Crippen molar-refractivity contribution in [1.82, 2.24) is 19.5 Å². The van der Waals surface area contributed by atoms with Crippen molar-refractivity contribution in [2.45, 2.75) is 19.4 Å². The van der Waals surface area contributed by atoms with E-state index in [4.69, 9.17) is 17.3 Å². The van der Waals surface area contributed by atoms with E-state index >= 15 is 0 Å². The second-order valence-electron chi connectivity index (χ2n) is 7.33. The highest BCUT2D eigenvalue weighted by Crippen LogP contribution is 2.29. The van der Waals surface area contributed by atoms with Crippen LogP contribution in [-0.4, -0.2) is 19.5 Å². The number of halogens is 1. The van der Waals surface area contributed by atoms with Gasteiger partial charge in [0.2, 0.25) is 5.95 Å². The summed E-state index contributed by atoms with van der Waals surface area (Å²) < 4.78 is 1.94. The maximum atomic E-state index is 6.36. The second-order valence-corrected chi connectivity index (χ2v) is 7.74. The average molecular weight is 405 g/mol. The van der Waals surface area contributed by atoms with E-state index in [9.17, 15) is 0 Å². The molecule has 0 unspecified atom stereocenters. The van der Waals surface area contributed by atoms with E-state index in [0.29, 0.717) is 16.7 Å². The Morgan fingerprint density at radius 1 is 1.03 bits per heavy atom. The molecule has 6 nitrogen and oxygen atoms in total. The fourth-order valence-corrected chi connectivity index (χ4v) is 3.15. The Bertz CT molecular complexity index is 1100. The van der Waals surface area contributed by atoms with Crippen molar-refractivity contribution in [3.05, 3.63) is 84.0 Å². The van der Waals surface area contributed by atoms with Crippen molar-refractivity contribution in [2.24, 2.45) is 5.73 Å². The number of hydrogen-bond donors (Lipinski definition) is 2. The minimum absolute atomic E-state index is 0.399. The average Bonchev–Trinajstić information content (AvgIpc) is 3.24. The van der Waals surface area contributed by atoms with Crippen LogP contribution < -0.4 is 11.1 Å². The summed E-state index contributed by atoms with van der Waals surface area (Å²) in [5.74, 6) is 0.475. The molecule has 0 fully saturated rings. The van der Waals surface area contributed by atoms with Crippen LogP contribution in [0.25, 0.3) is 16.9 Å². The molecule has 4 aromatic rings. The summed E-state index contributed by atoms with van der Waals surface area (Å²) in [6.45, 7) is 3.94. The van der Waals surface area contributed by atoms with E-state index in [1.807, 2.05) is 73.1 Å². The fraction of sp³-hybridized carbons (Fsp3) is 0.136. The third kappa shape index (κ3) is 4.29. The lowest BCUT2D eigenvalue weighted by molar-refractivity contribution is 0.554. The predicted octanol–water partition coefficient (Wildman–Crippen LogP) is 4.92. The zero-order valence-corrected chi connectivity index (χ0v) is 16.9. The quantitative estimate of drug-likeness (QED) is 0.493. The van der Waals surface area contributed by atoms with Crippen LogP contribution in [0, 0.1) is 0 Å². The van der Waals surface area contributed by atoms with E-state index in [-0.39, 0.29) is 0 Å². The molecule has 4 rings (SSSR count). The molecule has 0 aliphatic heterocycles. The normalized spacial score (nSPS) is 11.4. The molecular weight excluding hydrogens is 384 g/mol. The molecule has 0 bridgehead atoms. The van der Waals surface area contributed by atoms with Crippen LogP contribution >= 0.6 is 11.6 Å². The van der Waals surface area contributed by atoms with Crippen LogP contribution in [0.15, 0.2) is 73.4 Å². The molecular formula is C22H21ClN6. The Labute approximate surface area is 174 Å². The predicted molar refractivity (Wildman–Crippen MR) is 117 cm³/mol. The minimum Gasteiger partial charge on any atom is -0.324 e. The first-order chi connectivity index (χ1) is 13.9. The third-order valence-electron chi connectivity index (χ3n) is 4.57. The van der Waals surface area contributed by atoms with E-state index in [1.165, 1.54) is 0 Å². The number of hydrogen-bond acceptors (Lipinski definition) is 5. The van der Waals surface area contributed by atoms with Crippen molar-refractivity contribution < 1.29 is 0 Å². The summed E-state index contributed by atoms with van der Waals surface area (Å²) in [5, 5.41) is 3.72. The summed E-state index contributed by atoms with van der Waals surface area (Å²) >= 11 is 6.36. The Balaban J connectivity index is 1.57. The summed E-state index contributed by atoms with van der Waals surface area (Å²) in [6.07, 6.45) is 7.01. The Hall–Kier alpha value is -3.22. The number of nitrogens with one attached hydrogen (secondary N) is 1. The van der Waals surface area contributed by atoms with Gasteiger partial charge in [-0.05, 0) is 43.7 Å². The smallest absolute Gasteiger partial charge is 0.227 e. The van der Waals surface area contributed by atoms with Crippen LogP contribution in [0.2, 0.25) is 5.02 Å². The molecule has 0 spiro atoms. The molecule has 0 atom stereocenters. The first-order valence-electron chi connectivity index (χ1n) is 9.18. The highest BCUT2D eigenvalue weighted by Gasteiger charge is 2.15. The summed E-state index contributed by atoms with van der Waals surface area (Å²) in [6, 6.07) is 15.9. The van der Waals surface area contributed by atoms with Crippen LogP contribution in [0.5, 0.6) is 0 Å². The summed E-state index contributed by atoms with van der Waals surface area (Å²) in [5.41, 5.74) is 10.3. The highest BCUT2D eigenvalue weighted by molar-refractivity contribution is 6.32. The molecule has 2 aromatic heterocycles. The van der Waals surface area contributed by atoms with Gasteiger partial charge in [0.25, 0.3) is 0 Å². The molecule has 0 saturated carbocycles. The van der Waals surface area contributed by atoms with Crippen molar-refractivity contribution >= 4 is 23.2 Å². The van der Waals surface area contributed by atoms with Gasteiger partial charge >= 0.3 is 0 Å². The number of anilines is 2. The zero-order chi connectivity index (χ0) is 20.4. The number of rotatable bonds is 5. The number of imidazole rings is 1. The highest BCUT2D eigenvalue weighted by atomic mass is 35.5. The lowest BCUT2D eigenvalue weighted by Gasteiger charge is -2.19. The van der Waals surface area contributed by atoms with Gasteiger partial charge in [0.15, 0.2) is 0 Å². The van der Waals surface area contributed by atoms with Gasteiger partial charge in [-0.1, -0.05) is 35.9 Å². The van der Waals surface area contributed by atoms with E-state index < -0.39 is 5.54 Å². The largest absolute Gasteiger partial charge is 0.324 e. The first-order valence-corrected chi connectivity index (χ1v) is 9.56. The van der Waals surface area contributed by atoms with Crippen molar-refractivity contribution in [1.29, 1.82) is 0 Å². The molecule has 0 aliphatic rings. The van der Waals surface area contributed by atoms with Gasteiger partial charge in [-0.25, -0.2) is 15.0 Å². The number of aromatic nitrogens is 4.